The lowest BCUT2D eigenvalue weighted by molar-refractivity contribution is 0.379. The Bertz CT molecular complexity index is 414. The van der Waals surface area contributed by atoms with Crippen LogP contribution in [0.15, 0.2) is 18.2 Å². The van der Waals surface area contributed by atoms with E-state index in [0.29, 0.717) is 5.41 Å². The first kappa shape index (κ1) is 9.97. The summed E-state index contributed by atoms with van der Waals surface area (Å²) in [4.78, 5) is 2.41. The van der Waals surface area contributed by atoms with Gasteiger partial charge in [0.25, 0.3) is 0 Å². The Labute approximate surface area is 96.4 Å². The minimum Gasteiger partial charge on any atom is -0.497 e. The number of methoxy groups -OCH3 is 1. The van der Waals surface area contributed by atoms with Gasteiger partial charge in [0.2, 0.25) is 0 Å². The number of benzene rings is 1. The molecule has 1 atom stereocenters. The Hall–Kier alpha value is -1.22. The zero-order valence-electron chi connectivity index (χ0n) is 9.92. The van der Waals surface area contributed by atoms with E-state index in [-0.39, 0.29) is 0 Å². The summed E-state index contributed by atoms with van der Waals surface area (Å²) in [6.45, 7) is 3.42. The molecule has 2 aliphatic rings. The summed E-state index contributed by atoms with van der Waals surface area (Å²) >= 11 is 0. The molecule has 0 aromatic heterocycles. The van der Waals surface area contributed by atoms with Crippen LogP contribution < -0.4 is 10.1 Å². The predicted molar refractivity (Wildman–Crippen MR) is 65.3 cm³/mol. The molecule has 1 spiro atoms. The van der Waals surface area contributed by atoms with Crippen molar-refractivity contribution in [2.75, 3.05) is 39.1 Å². The Morgan fingerprint density at radius 1 is 1.44 bits per heavy atom. The van der Waals surface area contributed by atoms with Crippen LogP contribution in [0.25, 0.3) is 0 Å². The average Bonchev–Trinajstić information content (AvgIpc) is 2.85. The minimum atomic E-state index is 0.318. The van der Waals surface area contributed by atoms with E-state index in [1.165, 1.54) is 24.2 Å². The largest absolute Gasteiger partial charge is 0.497 e. The number of rotatable bonds is 1. The third-order valence-electron chi connectivity index (χ3n) is 3.96. The van der Waals surface area contributed by atoms with Gasteiger partial charge in [-0.25, -0.2) is 0 Å². The second-order valence-corrected chi connectivity index (χ2v) is 5.03. The van der Waals surface area contributed by atoms with Crippen LogP contribution >= 0.6 is 0 Å². The SMILES string of the molecule is COc1ccc2c(c1)C1(CCN(C)C1)CN2. The summed E-state index contributed by atoms with van der Waals surface area (Å²) in [6.07, 6.45) is 1.25. The van der Waals surface area contributed by atoms with Crippen LogP contribution in [0.4, 0.5) is 5.69 Å². The van der Waals surface area contributed by atoms with E-state index >= 15 is 0 Å². The van der Waals surface area contributed by atoms with Crippen molar-refractivity contribution in [1.82, 2.24) is 4.90 Å². The molecule has 2 aliphatic heterocycles. The van der Waals surface area contributed by atoms with Crippen molar-refractivity contribution in [2.24, 2.45) is 0 Å². The highest BCUT2D eigenvalue weighted by Crippen LogP contribution is 2.44. The van der Waals surface area contributed by atoms with Crippen LogP contribution in [0.2, 0.25) is 0 Å². The maximum absolute atomic E-state index is 5.33. The molecule has 1 saturated heterocycles. The zero-order valence-corrected chi connectivity index (χ0v) is 9.92. The maximum Gasteiger partial charge on any atom is 0.119 e. The monoisotopic (exact) mass is 218 g/mol. The summed E-state index contributed by atoms with van der Waals surface area (Å²) in [5.74, 6) is 0.969. The number of likely N-dealkylation sites (tertiary alicyclic amines) is 1. The average molecular weight is 218 g/mol. The lowest BCUT2D eigenvalue weighted by Gasteiger charge is -2.23. The van der Waals surface area contributed by atoms with E-state index < -0.39 is 0 Å². The minimum absolute atomic E-state index is 0.318. The number of nitrogens with zero attached hydrogens (tertiary/aromatic N) is 1. The van der Waals surface area contributed by atoms with Gasteiger partial charge in [-0.05, 0) is 43.8 Å². The molecule has 0 radical (unpaired) electrons. The normalized spacial score (nSPS) is 28.1. The number of anilines is 1. The van der Waals surface area contributed by atoms with Crippen LogP contribution in [-0.4, -0.2) is 38.7 Å². The lowest BCUT2D eigenvalue weighted by Crippen LogP contribution is -2.31. The highest BCUT2D eigenvalue weighted by molar-refractivity contribution is 5.63. The first-order chi connectivity index (χ1) is 7.73. The van der Waals surface area contributed by atoms with Crippen molar-refractivity contribution in [3.63, 3.8) is 0 Å². The molecular weight excluding hydrogens is 200 g/mol. The highest BCUT2D eigenvalue weighted by Gasteiger charge is 2.43. The molecule has 1 unspecified atom stereocenters. The number of hydrogen-bond acceptors (Lipinski definition) is 3. The number of ether oxygens (including phenoxy) is 1. The molecule has 0 amide bonds. The van der Waals surface area contributed by atoms with Gasteiger partial charge in [-0.1, -0.05) is 0 Å². The number of nitrogens with one attached hydrogen (secondary N) is 1. The Kier molecular flexibility index (Phi) is 2.11. The molecular formula is C13H18N2O. The Balaban J connectivity index is 2.03. The number of hydrogen-bond donors (Lipinski definition) is 1. The van der Waals surface area contributed by atoms with E-state index in [1.807, 2.05) is 6.07 Å². The second kappa shape index (κ2) is 3.39. The van der Waals surface area contributed by atoms with Crippen LogP contribution in [0, 0.1) is 0 Å². The van der Waals surface area contributed by atoms with Crippen LogP contribution in [0.3, 0.4) is 0 Å². The molecule has 3 rings (SSSR count). The molecule has 1 N–H and O–H groups in total. The Morgan fingerprint density at radius 3 is 3.00 bits per heavy atom. The van der Waals surface area contributed by atoms with Crippen molar-refractivity contribution < 1.29 is 4.74 Å². The molecule has 86 valence electrons. The van der Waals surface area contributed by atoms with Crippen molar-refractivity contribution in [1.29, 1.82) is 0 Å². The van der Waals surface area contributed by atoms with E-state index in [0.717, 1.165) is 18.8 Å². The predicted octanol–water partition coefficient (Wildman–Crippen LogP) is 1.69. The molecule has 16 heavy (non-hydrogen) atoms. The van der Waals surface area contributed by atoms with Crippen LogP contribution in [0.1, 0.15) is 12.0 Å². The zero-order chi connectivity index (χ0) is 11.2. The summed E-state index contributed by atoms with van der Waals surface area (Å²) in [5, 5.41) is 3.52. The molecule has 3 nitrogen and oxygen atoms in total. The second-order valence-electron chi connectivity index (χ2n) is 5.03. The third kappa shape index (κ3) is 1.31. The molecule has 3 heteroatoms. The molecule has 1 fully saturated rings. The van der Waals surface area contributed by atoms with Crippen LogP contribution in [-0.2, 0) is 5.41 Å². The molecule has 0 saturated carbocycles. The fraction of sp³-hybridized carbons (Fsp3) is 0.538. The van der Waals surface area contributed by atoms with Gasteiger partial charge in [-0.3, -0.25) is 0 Å². The molecule has 1 aromatic carbocycles. The van der Waals surface area contributed by atoms with Gasteiger partial charge in [0.15, 0.2) is 0 Å². The molecule has 0 aliphatic carbocycles. The lowest BCUT2D eigenvalue weighted by atomic mass is 9.81. The van der Waals surface area contributed by atoms with Crippen molar-refractivity contribution in [3.05, 3.63) is 23.8 Å². The topological polar surface area (TPSA) is 24.5 Å². The first-order valence-electron chi connectivity index (χ1n) is 5.84. The summed E-state index contributed by atoms with van der Waals surface area (Å²) < 4.78 is 5.33. The smallest absolute Gasteiger partial charge is 0.119 e. The number of fused-ring (bicyclic) bond motifs is 2. The van der Waals surface area contributed by atoms with Gasteiger partial charge in [-0.15, -0.1) is 0 Å². The van der Waals surface area contributed by atoms with E-state index in [2.05, 4.69) is 29.4 Å². The summed E-state index contributed by atoms with van der Waals surface area (Å²) in [5.41, 5.74) is 3.05. The quantitative estimate of drug-likeness (QED) is 0.776. The molecule has 0 bridgehead atoms. The van der Waals surface area contributed by atoms with E-state index in [4.69, 9.17) is 4.74 Å². The van der Waals surface area contributed by atoms with Gasteiger partial charge in [0.1, 0.15) is 5.75 Å². The van der Waals surface area contributed by atoms with Gasteiger partial charge in [0, 0.05) is 24.2 Å². The summed E-state index contributed by atoms with van der Waals surface area (Å²) in [6, 6.07) is 6.37. The van der Waals surface area contributed by atoms with E-state index in [1.54, 1.807) is 7.11 Å². The number of likely N-dealkylation sites (N-methyl/N-ethyl adjacent to an activating group) is 1. The highest BCUT2D eigenvalue weighted by atomic mass is 16.5. The summed E-state index contributed by atoms with van der Waals surface area (Å²) in [7, 11) is 3.93. The van der Waals surface area contributed by atoms with Gasteiger partial charge >= 0.3 is 0 Å². The maximum atomic E-state index is 5.33. The molecule has 1 aromatic rings. The fourth-order valence-electron chi connectivity index (χ4n) is 3.05. The standard InChI is InChI=1S/C13H18N2O/c1-15-6-5-13(9-15)8-14-12-4-3-10(16-2)7-11(12)13/h3-4,7,14H,5-6,8-9H2,1-2H3. The first-order valence-corrected chi connectivity index (χ1v) is 5.84. The van der Waals surface area contributed by atoms with Crippen molar-refractivity contribution in [2.45, 2.75) is 11.8 Å². The van der Waals surface area contributed by atoms with Gasteiger partial charge in [0.05, 0.1) is 7.11 Å². The van der Waals surface area contributed by atoms with Gasteiger partial charge < -0.3 is 15.0 Å². The van der Waals surface area contributed by atoms with Crippen LogP contribution in [0.5, 0.6) is 5.75 Å². The van der Waals surface area contributed by atoms with Gasteiger partial charge in [-0.2, -0.15) is 0 Å². The third-order valence-corrected chi connectivity index (χ3v) is 3.96. The fourth-order valence-corrected chi connectivity index (χ4v) is 3.05. The Morgan fingerprint density at radius 2 is 2.31 bits per heavy atom. The van der Waals surface area contributed by atoms with Crippen molar-refractivity contribution >= 4 is 5.69 Å². The molecule has 2 heterocycles. The van der Waals surface area contributed by atoms with Crippen molar-refractivity contribution in [3.8, 4) is 5.75 Å². The van der Waals surface area contributed by atoms with E-state index in [9.17, 15) is 0 Å².